The van der Waals surface area contributed by atoms with Crippen LogP contribution in [0.4, 0.5) is 5.69 Å². The Morgan fingerprint density at radius 3 is 2.48 bits per heavy atom. The third kappa shape index (κ3) is 5.01. The van der Waals surface area contributed by atoms with E-state index in [1.165, 1.54) is 6.07 Å². The summed E-state index contributed by atoms with van der Waals surface area (Å²) < 4.78 is 5.25. The summed E-state index contributed by atoms with van der Waals surface area (Å²) in [6.45, 7) is 3.86. The van der Waals surface area contributed by atoms with Crippen LogP contribution >= 0.6 is 35.4 Å². The van der Waals surface area contributed by atoms with E-state index in [4.69, 9.17) is 40.2 Å². The van der Waals surface area contributed by atoms with E-state index in [0.717, 1.165) is 11.3 Å². The second-order valence-corrected chi connectivity index (χ2v) is 8.09. The lowest BCUT2D eigenvalue weighted by Gasteiger charge is -2.35. The summed E-state index contributed by atoms with van der Waals surface area (Å²) in [5.74, 6) is -0.752. The van der Waals surface area contributed by atoms with Crippen molar-refractivity contribution >= 4 is 58.1 Å². The van der Waals surface area contributed by atoms with Crippen LogP contribution in [0.5, 0.6) is 0 Å². The van der Waals surface area contributed by atoms with Gasteiger partial charge in [0.05, 0.1) is 28.8 Å². The van der Waals surface area contributed by atoms with E-state index in [2.05, 4.69) is 10.6 Å². The van der Waals surface area contributed by atoms with E-state index in [1.54, 1.807) is 43.1 Å². The Labute approximate surface area is 196 Å². The van der Waals surface area contributed by atoms with E-state index in [9.17, 15) is 9.59 Å². The van der Waals surface area contributed by atoms with Crippen molar-refractivity contribution in [1.82, 2.24) is 10.2 Å². The van der Waals surface area contributed by atoms with Crippen molar-refractivity contribution in [3.05, 3.63) is 74.9 Å². The van der Waals surface area contributed by atoms with Gasteiger partial charge in [0.25, 0.3) is 5.91 Å². The zero-order chi connectivity index (χ0) is 22.7. The molecule has 1 atom stereocenters. The molecule has 2 aromatic carbocycles. The Hall–Kier alpha value is -2.61. The van der Waals surface area contributed by atoms with Crippen LogP contribution in [0.3, 0.4) is 0 Å². The average molecular weight is 478 g/mol. The fourth-order valence-electron chi connectivity index (χ4n) is 3.19. The van der Waals surface area contributed by atoms with Gasteiger partial charge >= 0.3 is 5.97 Å². The van der Waals surface area contributed by atoms with Gasteiger partial charge in [-0.2, -0.15) is 0 Å². The molecule has 2 aromatic rings. The molecule has 1 aliphatic rings. The second kappa shape index (κ2) is 9.68. The van der Waals surface area contributed by atoms with Gasteiger partial charge in [-0.25, -0.2) is 4.79 Å². The highest BCUT2D eigenvalue weighted by Gasteiger charge is 2.33. The molecule has 0 bridgehead atoms. The summed E-state index contributed by atoms with van der Waals surface area (Å²) >= 11 is 17.4. The van der Waals surface area contributed by atoms with E-state index >= 15 is 0 Å². The van der Waals surface area contributed by atoms with Crippen LogP contribution in [0, 0.1) is 0 Å². The first-order chi connectivity index (χ1) is 14.7. The topological polar surface area (TPSA) is 70.7 Å². The lowest BCUT2D eigenvalue weighted by molar-refractivity contribution is -0.139. The Morgan fingerprint density at radius 2 is 1.87 bits per heavy atom. The number of benzene rings is 2. The molecule has 0 aliphatic carbocycles. The Kier molecular flexibility index (Phi) is 7.20. The van der Waals surface area contributed by atoms with Crippen LogP contribution in [-0.2, 0) is 9.53 Å². The van der Waals surface area contributed by atoms with Gasteiger partial charge in [-0.05, 0) is 62.0 Å². The normalized spacial score (nSPS) is 16.1. The highest BCUT2D eigenvalue weighted by Crippen LogP contribution is 2.31. The quantitative estimate of drug-likeness (QED) is 0.469. The molecule has 162 valence electrons. The number of amides is 1. The fraction of sp³-hybridized carbons (Fsp3) is 0.227. The number of nitrogens with one attached hydrogen (secondary N) is 2. The maximum atomic E-state index is 12.6. The van der Waals surface area contributed by atoms with Crippen LogP contribution in [0.2, 0.25) is 10.0 Å². The highest BCUT2D eigenvalue weighted by molar-refractivity contribution is 7.80. The zero-order valence-electron chi connectivity index (χ0n) is 17.2. The summed E-state index contributed by atoms with van der Waals surface area (Å²) in [6.07, 6.45) is 0. The molecule has 0 fully saturated rings. The Balaban J connectivity index is 1.84. The molecule has 1 amide bonds. The van der Waals surface area contributed by atoms with Crippen LogP contribution in [0.25, 0.3) is 0 Å². The monoisotopic (exact) mass is 477 g/mol. The lowest BCUT2D eigenvalue weighted by atomic mass is 9.95. The summed E-state index contributed by atoms with van der Waals surface area (Å²) in [7, 11) is 1.79. The molecule has 0 aromatic heterocycles. The molecule has 0 radical (unpaired) electrons. The molecule has 1 heterocycles. The molecule has 2 N–H and O–H groups in total. The van der Waals surface area contributed by atoms with Crippen molar-refractivity contribution in [3.8, 4) is 0 Å². The minimum atomic E-state index is -0.460. The molecule has 1 unspecified atom stereocenters. The van der Waals surface area contributed by atoms with Crippen LogP contribution in [0.15, 0.2) is 53.7 Å². The molecular formula is C22H21Cl2N3O3S. The van der Waals surface area contributed by atoms with Crippen molar-refractivity contribution in [2.45, 2.75) is 19.9 Å². The number of carbonyl (C=O) groups is 2. The van der Waals surface area contributed by atoms with Gasteiger partial charge in [-0.1, -0.05) is 35.3 Å². The number of halogens is 2. The molecule has 1 aliphatic heterocycles. The van der Waals surface area contributed by atoms with Crippen LogP contribution in [-0.4, -0.2) is 35.5 Å². The smallest absolute Gasteiger partial charge is 0.338 e. The zero-order valence-corrected chi connectivity index (χ0v) is 19.5. The Morgan fingerprint density at radius 1 is 1.19 bits per heavy atom. The van der Waals surface area contributed by atoms with Crippen molar-refractivity contribution in [3.63, 3.8) is 0 Å². The predicted octanol–water partition coefficient (Wildman–Crippen LogP) is 4.94. The first-order valence-electron chi connectivity index (χ1n) is 9.51. The number of allylic oxidation sites excluding steroid dienone is 1. The predicted molar refractivity (Wildman–Crippen MR) is 126 cm³/mol. The van der Waals surface area contributed by atoms with Gasteiger partial charge < -0.3 is 20.3 Å². The summed E-state index contributed by atoms with van der Waals surface area (Å²) in [5.41, 5.74) is 2.92. The number of thiocarbonyl (C=S) groups is 1. The highest BCUT2D eigenvalue weighted by atomic mass is 35.5. The molecule has 9 heteroatoms. The van der Waals surface area contributed by atoms with Crippen molar-refractivity contribution < 1.29 is 14.3 Å². The minimum Gasteiger partial charge on any atom is -0.463 e. The summed E-state index contributed by atoms with van der Waals surface area (Å²) in [4.78, 5) is 26.9. The first kappa shape index (κ1) is 23.1. The SMILES string of the molecule is CCOC(=O)C1=C(C)N(C)C(=S)NC1c1ccc(NC(=O)c2ccc(Cl)cc2Cl)cc1. The number of esters is 1. The third-order valence-electron chi connectivity index (χ3n) is 4.93. The number of anilines is 1. The molecule has 6 nitrogen and oxygen atoms in total. The number of rotatable bonds is 5. The molecule has 0 spiro atoms. The molecule has 0 saturated carbocycles. The Bertz CT molecular complexity index is 1070. The van der Waals surface area contributed by atoms with Crippen LogP contribution in [0.1, 0.15) is 35.8 Å². The fourth-order valence-corrected chi connectivity index (χ4v) is 3.94. The number of hydrogen-bond donors (Lipinski definition) is 2. The number of nitrogens with zero attached hydrogens (tertiary/aromatic N) is 1. The molecular weight excluding hydrogens is 457 g/mol. The van der Waals surface area contributed by atoms with E-state index in [0.29, 0.717) is 27.0 Å². The number of carbonyl (C=O) groups excluding carboxylic acids is 2. The van der Waals surface area contributed by atoms with Gasteiger partial charge in [-0.3, -0.25) is 4.79 Å². The van der Waals surface area contributed by atoms with Gasteiger partial charge in [0.15, 0.2) is 5.11 Å². The maximum absolute atomic E-state index is 12.6. The molecule has 31 heavy (non-hydrogen) atoms. The van der Waals surface area contributed by atoms with Crippen molar-refractivity contribution in [1.29, 1.82) is 0 Å². The molecule has 0 saturated heterocycles. The number of hydrogen-bond acceptors (Lipinski definition) is 4. The minimum absolute atomic E-state index is 0.269. The van der Waals surface area contributed by atoms with Gasteiger partial charge in [0, 0.05) is 23.5 Å². The maximum Gasteiger partial charge on any atom is 0.338 e. The first-order valence-corrected chi connectivity index (χ1v) is 10.7. The lowest BCUT2D eigenvalue weighted by Crippen LogP contribution is -2.46. The average Bonchev–Trinajstić information content (AvgIpc) is 2.72. The largest absolute Gasteiger partial charge is 0.463 e. The van der Waals surface area contributed by atoms with Crippen molar-refractivity contribution in [2.75, 3.05) is 19.0 Å². The second-order valence-electron chi connectivity index (χ2n) is 6.86. The van der Waals surface area contributed by atoms with Gasteiger partial charge in [0.1, 0.15) is 0 Å². The van der Waals surface area contributed by atoms with Crippen molar-refractivity contribution in [2.24, 2.45) is 0 Å². The molecule has 3 rings (SSSR count). The van der Waals surface area contributed by atoms with E-state index in [1.807, 2.05) is 19.1 Å². The summed E-state index contributed by atoms with van der Waals surface area (Å²) in [6, 6.07) is 11.4. The summed E-state index contributed by atoms with van der Waals surface area (Å²) in [5, 5.41) is 7.21. The third-order valence-corrected chi connectivity index (χ3v) is 5.87. The van der Waals surface area contributed by atoms with Gasteiger partial charge in [0.2, 0.25) is 0 Å². The standard InChI is InChI=1S/C22H21Cl2N3O3S/c1-4-30-21(29)18-12(2)27(3)22(31)26-19(18)13-5-8-15(9-6-13)25-20(28)16-10-7-14(23)11-17(16)24/h5-11,19H,4H2,1-3H3,(H,25,28)(H,26,31). The van der Waals surface area contributed by atoms with E-state index < -0.39 is 12.0 Å². The van der Waals surface area contributed by atoms with Crippen LogP contribution < -0.4 is 10.6 Å². The van der Waals surface area contributed by atoms with Gasteiger partial charge in [-0.15, -0.1) is 0 Å². The van der Waals surface area contributed by atoms with E-state index in [-0.39, 0.29) is 17.5 Å². The number of ether oxygens (including phenoxy) is 1.